The molecule has 6 heteroatoms. The van der Waals surface area contributed by atoms with Crippen LogP contribution in [0.5, 0.6) is 5.75 Å². The zero-order chi connectivity index (χ0) is 13.2. The molecule has 0 unspecified atom stereocenters. The van der Waals surface area contributed by atoms with Crippen LogP contribution in [0.3, 0.4) is 0 Å². The number of nitrogens with one attached hydrogen (secondary N) is 1. The van der Waals surface area contributed by atoms with Gasteiger partial charge in [-0.1, -0.05) is 0 Å². The summed E-state index contributed by atoms with van der Waals surface area (Å²) in [5.41, 5.74) is 0. The van der Waals surface area contributed by atoms with E-state index in [1.807, 2.05) is 16.3 Å². The molecule has 2 fully saturated rings. The molecule has 0 bridgehead atoms. The smallest absolute Gasteiger partial charge is 0.267 e. The van der Waals surface area contributed by atoms with Gasteiger partial charge in [0.2, 0.25) is 0 Å². The van der Waals surface area contributed by atoms with E-state index in [2.05, 4.69) is 5.32 Å². The fraction of sp³-hybridized carbons (Fsp3) is 0.643. The number of carbonyl (C=O) groups excluding carboxylic acids is 1. The molecular formula is C14H21ClN2O2S. The fourth-order valence-electron chi connectivity index (χ4n) is 3.18. The summed E-state index contributed by atoms with van der Waals surface area (Å²) >= 11 is 1.48. The Bertz CT molecular complexity index is 452. The Hall–Kier alpha value is -0.780. The third-order valence-corrected chi connectivity index (χ3v) is 5.23. The Labute approximate surface area is 129 Å². The van der Waals surface area contributed by atoms with E-state index in [4.69, 9.17) is 4.74 Å². The van der Waals surface area contributed by atoms with Gasteiger partial charge in [-0.15, -0.1) is 23.7 Å². The van der Waals surface area contributed by atoms with Crippen molar-refractivity contribution in [3.63, 3.8) is 0 Å². The number of rotatable bonds is 2. The first-order valence-corrected chi connectivity index (χ1v) is 7.79. The highest BCUT2D eigenvalue weighted by atomic mass is 35.5. The Morgan fingerprint density at radius 2 is 2.00 bits per heavy atom. The number of amides is 1. The van der Waals surface area contributed by atoms with Crippen molar-refractivity contribution in [1.82, 2.24) is 10.2 Å². The topological polar surface area (TPSA) is 41.6 Å². The second-order valence-electron chi connectivity index (χ2n) is 5.37. The molecular weight excluding hydrogens is 296 g/mol. The maximum Gasteiger partial charge on any atom is 0.267 e. The molecule has 2 saturated heterocycles. The summed E-state index contributed by atoms with van der Waals surface area (Å²) in [7, 11) is 1.62. The van der Waals surface area contributed by atoms with Gasteiger partial charge < -0.3 is 15.0 Å². The molecule has 0 radical (unpaired) electrons. The largest absolute Gasteiger partial charge is 0.495 e. The van der Waals surface area contributed by atoms with Gasteiger partial charge in [0.1, 0.15) is 10.6 Å². The van der Waals surface area contributed by atoms with Crippen molar-refractivity contribution in [3.05, 3.63) is 16.3 Å². The van der Waals surface area contributed by atoms with Gasteiger partial charge >= 0.3 is 0 Å². The fourth-order valence-corrected chi connectivity index (χ4v) is 4.00. The van der Waals surface area contributed by atoms with E-state index >= 15 is 0 Å². The van der Waals surface area contributed by atoms with Crippen LogP contribution in [-0.2, 0) is 0 Å². The molecule has 1 aromatic rings. The van der Waals surface area contributed by atoms with Gasteiger partial charge in [0.15, 0.2) is 0 Å². The van der Waals surface area contributed by atoms with Crippen molar-refractivity contribution in [2.75, 3.05) is 33.3 Å². The van der Waals surface area contributed by atoms with Gasteiger partial charge in [-0.25, -0.2) is 0 Å². The molecule has 3 heterocycles. The molecule has 0 aromatic carbocycles. The predicted octanol–water partition coefficient (Wildman–Crippen LogP) is 2.25. The molecule has 0 saturated carbocycles. The second kappa shape index (κ2) is 6.78. The number of likely N-dealkylation sites (tertiary alicyclic amines) is 1. The number of methoxy groups -OCH3 is 1. The van der Waals surface area contributed by atoms with Crippen LogP contribution in [0.2, 0.25) is 0 Å². The van der Waals surface area contributed by atoms with Crippen LogP contribution in [0.1, 0.15) is 22.5 Å². The predicted molar refractivity (Wildman–Crippen MR) is 83.1 cm³/mol. The zero-order valence-electron chi connectivity index (χ0n) is 11.6. The highest BCUT2D eigenvalue weighted by Gasteiger charge is 2.32. The van der Waals surface area contributed by atoms with Crippen molar-refractivity contribution in [1.29, 1.82) is 0 Å². The van der Waals surface area contributed by atoms with Gasteiger partial charge in [0.05, 0.1) is 7.11 Å². The molecule has 20 heavy (non-hydrogen) atoms. The molecule has 2 aliphatic heterocycles. The van der Waals surface area contributed by atoms with E-state index in [0.717, 1.165) is 55.7 Å². The normalized spacial score (nSPS) is 25.6. The monoisotopic (exact) mass is 316 g/mol. The summed E-state index contributed by atoms with van der Waals surface area (Å²) in [5, 5.41) is 5.38. The van der Waals surface area contributed by atoms with Crippen molar-refractivity contribution < 1.29 is 9.53 Å². The minimum absolute atomic E-state index is 0. The molecule has 1 aromatic heterocycles. The zero-order valence-corrected chi connectivity index (χ0v) is 13.3. The first-order chi connectivity index (χ1) is 9.29. The third kappa shape index (κ3) is 2.95. The lowest BCUT2D eigenvalue weighted by Gasteiger charge is -2.20. The second-order valence-corrected chi connectivity index (χ2v) is 6.28. The number of ether oxygens (including phenoxy) is 1. The Morgan fingerprint density at radius 1 is 1.35 bits per heavy atom. The van der Waals surface area contributed by atoms with E-state index in [0.29, 0.717) is 5.75 Å². The first-order valence-electron chi connectivity index (χ1n) is 6.91. The van der Waals surface area contributed by atoms with Crippen LogP contribution in [-0.4, -0.2) is 44.1 Å². The van der Waals surface area contributed by atoms with Crippen molar-refractivity contribution in [3.8, 4) is 5.75 Å². The van der Waals surface area contributed by atoms with Crippen molar-refractivity contribution >= 4 is 29.7 Å². The van der Waals surface area contributed by atoms with Crippen LogP contribution >= 0.6 is 23.7 Å². The highest BCUT2D eigenvalue weighted by Crippen LogP contribution is 2.30. The number of carbonyl (C=O) groups is 1. The van der Waals surface area contributed by atoms with Gasteiger partial charge in [0.25, 0.3) is 5.91 Å². The van der Waals surface area contributed by atoms with Crippen LogP contribution < -0.4 is 10.1 Å². The van der Waals surface area contributed by atoms with Crippen LogP contribution in [0, 0.1) is 11.8 Å². The molecule has 0 spiro atoms. The number of nitrogens with zero attached hydrogens (tertiary/aromatic N) is 1. The number of fused-ring (bicyclic) bond motifs is 1. The van der Waals surface area contributed by atoms with Crippen LogP contribution in [0.25, 0.3) is 0 Å². The van der Waals surface area contributed by atoms with E-state index in [1.165, 1.54) is 11.3 Å². The molecule has 3 rings (SSSR count). The average molecular weight is 317 g/mol. The molecule has 1 amide bonds. The Kier molecular flexibility index (Phi) is 5.29. The van der Waals surface area contributed by atoms with E-state index < -0.39 is 0 Å². The first kappa shape index (κ1) is 15.6. The van der Waals surface area contributed by atoms with Crippen molar-refractivity contribution in [2.24, 2.45) is 11.8 Å². The lowest BCUT2D eigenvalue weighted by molar-refractivity contribution is 0.0760. The Morgan fingerprint density at radius 3 is 2.60 bits per heavy atom. The van der Waals surface area contributed by atoms with Crippen molar-refractivity contribution in [2.45, 2.75) is 12.8 Å². The van der Waals surface area contributed by atoms with Gasteiger partial charge in [-0.05, 0) is 49.2 Å². The lowest BCUT2D eigenvalue weighted by atomic mass is 9.92. The number of hydrogen-bond acceptors (Lipinski definition) is 4. The minimum atomic E-state index is 0. The third-order valence-electron chi connectivity index (χ3n) is 4.35. The number of halogens is 1. The van der Waals surface area contributed by atoms with Gasteiger partial charge in [-0.2, -0.15) is 0 Å². The standard InChI is InChI=1S/C14H20N2O2S.ClH/c1-18-12-4-7-19-13(12)14(17)16-5-2-10-8-15-9-11(10)3-6-16;/h4,7,10-11,15H,2-3,5-6,8-9H2,1H3;1H/t10-,11+;. The molecule has 2 aliphatic rings. The SMILES string of the molecule is COc1ccsc1C(=O)N1CC[C@@H]2CNC[C@@H]2CC1.Cl. The Balaban J connectivity index is 0.00000147. The van der Waals surface area contributed by atoms with Gasteiger partial charge in [0, 0.05) is 13.1 Å². The molecule has 112 valence electrons. The van der Waals surface area contributed by atoms with Crippen LogP contribution in [0.15, 0.2) is 11.4 Å². The summed E-state index contributed by atoms with van der Waals surface area (Å²) in [6.07, 6.45) is 2.24. The summed E-state index contributed by atoms with van der Waals surface area (Å²) in [6, 6.07) is 1.87. The quantitative estimate of drug-likeness (QED) is 0.910. The minimum Gasteiger partial charge on any atom is -0.495 e. The van der Waals surface area contributed by atoms with Crippen LogP contribution in [0.4, 0.5) is 0 Å². The van der Waals surface area contributed by atoms with E-state index in [9.17, 15) is 4.79 Å². The highest BCUT2D eigenvalue weighted by molar-refractivity contribution is 7.12. The van der Waals surface area contributed by atoms with E-state index in [-0.39, 0.29) is 18.3 Å². The molecule has 2 atom stereocenters. The summed E-state index contributed by atoms with van der Waals surface area (Å²) in [4.78, 5) is 15.3. The molecule has 4 nitrogen and oxygen atoms in total. The average Bonchev–Trinajstić information content (AvgIpc) is 3.03. The maximum atomic E-state index is 12.6. The molecule has 0 aliphatic carbocycles. The number of thiophene rings is 1. The molecule has 1 N–H and O–H groups in total. The summed E-state index contributed by atoms with van der Waals surface area (Å²) in [5.74, 6) is 2.35. The summed E-state index contributed by atoms with van der Waals surface area (Å²) in [6.45, 7) is 4.00. The maximum absolute atomic E-state index is 12.6. The van der Waals surface area contributed by atoms with E-state index in [1.54, 1.807) is 7.11 Å². The lowest BCUT2D eigenvalue weighted by Crippen LogP contribution is -2.32. The number of hydrogen-bond donors (Lipinski definition) is 1. The van der Waals surface area contributed by atoms with Gasteiger partial charge in [-0.3, -0.25) is 4.79 Å². The summed E-state index contributed by atoms with van der Waals surface area (Å²) < 4.78 is 5.26.